The van der Waals surface area contributed by atoms with Gasteiger partial charge < -0.3 is 25.2 Å². The van der Waals surface area contributed by atoms with Crippen molar-refractivity contribution in [3.8, 4) is 0 Å². The molecule has 0 aromatic heterocycles. The zero-order chi connectivity index (χ0) is 20.4. The summed E-state index contributed by atoms with van der Waals surface area (Å²) in [6.45, 7) is 15.4. The van der Waals surface area contributed by atoms with E-state index in [0.29, 0.717) is 19.6 Å². The first-order chi connectivity index (χ1) is 12.7. The summed E-state index contributed by atoms with van der Waals surface area (Å²) in [5, 5.41) is 6.24. The monoisotopic (exact) mass is 511 g/mol. The van der Waals surface area contributed by atoms with Crippen LogP contribution in [0.5, 0.6) is 0 Å². The van der Waals surface area contributed by atoms with Crippen molar-refractivity contribution < 1.29 is 14.3 Å². The van der Waals surface area contributed by atoms with Crippen molar-refractivity contribution in [2.75, 3.05) is 39.3 Å². The Hall–Kier alpha value is -1.26. The van der Waals surface area contributed by atoms with E-state index in [4.69, 9.17) is 9.73 Å². The Morgan fingerprint density at radius 1 is 1.11 bits per heavy atom. The Morgan fingerprint density at radius 3 is 2.14 bits per heavy atom. The summed E-state index contributed by atoms with van der Waals surface area (Å²) in [5.41, 5.74) is -0.518. The zero-order valence-corrected chi connectivity index (χ0v) is 20.5. The highest BCUT2D eigenvalue weighted by molar-refractivity contribution is 14.0. The summed E-state index contributed by atoms with van der Waals surface area (Å²) in [6.07, 6.45) is 1.38. The highest BCUT2D eigenvalue weighted by Gasteiger charge is 2.22. The van der Waals surface area contributed by atoms with Gasteiger partial charge in [0.15, 0.2) is 5.96 Å². The maximum Gasteiger partial charge on any atom is 0.407 e. The molecule has 0 radical (unpaired) electrons. The predicted octanol–water partition coefficient (Wildman–Crippen LogP) is 2.43. The van der Waals surface area contributed by atoms with Gasteiger partial charge in [-0.3, -0.25) is 9.79 Å². The molecule has 2 N–H and O–H groups in total. The molecule has 1 heterocycles. The second-order valence-corrected chi connectivity index (χ2v) is 7.82. The van der Waals surface area contributed by atoms with Crippen LogP contribution in [-0.4, -0.2) is 78.7 Å². The molecule has 0 spiro atoms. The third kappa shape index (κ3) is 10.3. The van der Waals surface area contributed by atoms with Crippen molar-refractivity contribution in [1.82, 2.24) is 20.4 Å². The zero-order valence-electron chi connectivity index (χ0n) is 18.2. The van der Waals surface area contributed by atoms with Crippen molar-refractivity contribution in [3.05, 3.63) is 0 Å². The van der Waals surface area contributed by atoms with Crippen LogP contribution in [0.1, 0.15) is 54.4 Å². The van der Waals surface area contributed by atoms with E-state index in [-0.39, 0.29) is 35.9 Å². The number of piperazine rings is 1. The molecule has 1 unspecified atom stereocenters. The van der Waals surface area contributed by atoms with Gasteiger partial charge >= 0.3 is 6.09 Å². The summed E-state index contributed by atoms with van der Waals surface area (Å²) >= 11 is 0. The molecule has 1 aliphatic rings. The van der Waals surface area contributed by atoms with Crippen LogP contribution in [0.15, 0.2) is 4.99 Å². The summed E-state index contributed by atoms with van der Waals surface area (Å²) in [4.78, 5) is 32.3. The third-order valence-corrected chi connectivity index (χ3v) is 4.18. The smallest absolute Gasteiger partial charge is 0.407 e. The predicted molar refractivity (Wildman–Crippen MR) is 123 cm³/mol. The molecule has 0 saturated carbocycles. The Bertz CT molecular complexity index is 514. The Kier molecular flexibility index (Phi) is 12.5. The molecule has 1 atom stereocenters. The van der Waals surface area contributed by atoms with Gasteiger partial charge in [0.25, 0.3) is 0 Å². The first kappa shape index (κ1) is 26.7. The van der Waals surface area contributed by atoms with E-state index in [1.807, 2.05) is 32.6 Å². The van der Waals surface area contributed by atoms with E-state index >= 15 is 0 Å². The second kappa shape index (κ2) is 13.1. The normalized spacial score (nSPS) is 16.1. The standard InChI is InChI=1S/C19H37N5O3.HI/c1-7-9-16(22-18(26)27-19(4,5)6)14-21-17(20-8-2)24-12-10-23(11-13-24)15(3)25;/h16H,7-14H2,1-6H3,(H,20,21)(H,22,26);1H. The number of carbonyl (C=O) groups excluding carboxylic acids is 2. The number of amides is 2. The topological polar surface area (TPSA) is 86.3 Å². The number of guanidine groups is 1. The summed E-state index contributed by atoms with van der Waals surface area (Å²) in [5.74, 6) is 0.939. The molecule has 0 aromatic rings. The minimum absolute atomic E-state index is 0. The molecule has 0 aromatic carbocycles. The van der Waals surface area contributed by atoms with Crippen molar-refractivity contribution in [3.63, 3.8) is 0 Å². The largest absolute Gasteiger partial charge is 0.444 e. The summed E-state index contributed by atoms with van der Waals surface area (Å²) in [7, 11) is 0. The highest BCUT2D eigenvalue weighted by atomic mass is 127. The Morgan fingerprint density at radius 2 is 1.68 bits per heavy atom. The third-order valence-electron chi connectivity index (χ3n) is 4.18. The fraction of sp³-hybridized carbons (Fsp3) is 0.842. The quantitative estimate of drug-likeness (QED) is 0.325. The van der Waals surface area contributed by atoms with Crippen LogP contribution in [-0.2, 0) is 9.53 Å². The van der Waals surface area contributed by atoms with Crippen molar-refractivity contribution in [2.24, 2.45) is 4.99 Å². The number of hydrogen-bond acceptors (Lipinski definition) is 4. The molecule has 0 bridgehead atoms. The first-order valence-corrected chi connectivity index (χ1v) is 9.94. The number of aliphatic imine (C=N–C) groups is 1. The number of carbonyl (C=O) groups is 2. The fourth-order valence-electron chi connectivity index (χ4n) is 2.89. The van der Waals surface area contributed by atoms with E-state index in [1.165, 1.54) is 0 Å². The van der Waals surface area contributed by atoms with Gasteiger partial charge in [-0.25, -0.2) is 4.79 Å². The molecule has 9 heteroatoms. The Balaban J connectivity index is 0.00000729. The number of halogens is 1. The SMILES string of the molecule is CCCC(CN=C(NCC)N1CCN(C(C)=O)CC1)NC(=O)OC(C)(C)C.I. The van der Waals surface area contributed by atoms with E-state index in [0.717, 1.165) is 38.4 Å². The van der Waals surface area contributed by atoms with Crippen LogP contribution >= 0.6 is 24.0 Å². The molecule has 1 aliphatic heterocycles. The average molecular weight is 511 g/mol. The van der Waals surface area contributed by atoms with Crippen LogP contribution in [0, 0.1) is 0 Å². The van der Waals surface area contributed by atoms with Crippen molar-refractivity contribution in [2.45, 2.75) is 66.0 Å². The molecule has 2 amide bonds. The van der Waals surface area contributed by atoms with E-state index in [1.54, 1.807) is 6.92 Å². The lowest BCUT2D eigenvalue weighted by Gasteiger charge is -2.36. The van der Waals surface area contributed by atoms with Gasteiger partial charge in [0.1, 0.15) is 5.60 Å². The number of nitrogens with zero attached hydrogens (tertiary/aromatic N) is 3. The van der Waals surface area contributed by atoms with Crippen LogP contribution in [0.25, 0.3) is 0 Å². The highest BCUT2D eigenvalue weighted by Crippen LogP contribution is 2.08. The average Bonchev–Trinajstić information content (AvgIpc) is 2.57. The molecule has 28 heavy (non-hydrogen) atoms. The van der Waals surface area contributed by atoms with Gasteiger partial charge in [0.05, 0.1) is 12.6 Å². The number of rotatable bonds is 6. The fourth-order valence-corrected chi connectivity index (χ4v) is 2.89. The van der Waals surface area contributed by atoms with Crippen molar-refractivity contribution in [1.29, 1.82) is 0 Å². The van der Waals surface area contributed by atoms with E-state index in [2.05, 4.69) is 22.5 Å². The van der Waals surface area contributed by atoms with E-state index < -0.39 is 11.7 Å². The molecular formula is C19H38IN5O3. The molecule has 164 valence electrons. The van der Waals surface area contributed by atoms with Gasteiger partial charge in [-0.05, 0) is 34.1 Å². The molecule has 0 aliphatic carbocycles. The minimum Gasteiger partial charge on any atom is -0.444 e. The van der Waals surface area contributed by atoms with Crippen LogP contribution in [0.2, 0.25) is 0 Å². The summed E-state index contributed by atoms with van der Waals surface area (Å²) in [6, 6.07) is -0.0722. The van der Waals surface area contributed by atoms with Crippen LogP contribution < -0.4 is 10.6 Å². The molecule has 8 nitrogen and oxygen atoms in total. The van der Waals surface area contributed by atoms with Gasteiger partial charge in [-0.15, -0.1) is 24.0 Å². The van der Waals surface area contributed by atoms with Gasteiger partial charge in [-0.2, -0.15) is 0 Å². The molecule has 1 fully saturated rings. The minimum atomic E-state index is -0.518. The van der Waals surface area contributed by atoms with Gasteiger partial charge in [0, 0.05) is 39.6 Å². The van der Waals surface area contributed by atoms with Crippen LogP contribution in [0.4, 0.5) is 4.79 Å². The van der Waals surface area contributed by atoms with Gasteiger partial charge in [-0.1, -0.05) is 13.3 Å². The maximum absolute atomic E-state index is 12.1. The summed E-state index contributed by atoms with van der Waals surface area (Å²) < 4.78 is 5.36. The molecule has 1 saturated heterocycles. The van der Waals surface area contributed by atoms with Gasteiger partial charge in [0.2, 0.25) is 5.91 Å². The lowest BCUT2D eigenvalue weighted by Crippen LogP contribution is -2.53. The van der Waals surface area contributed by atoms with Crippen molar-refractivity contribution >= 4 is 41.9 Å². The number of hydrogen-bond donors (Lipinski definition) is 2. The number of nitrogens with one attached hydrogen (secondary N) is 2. The lowest BCUT2D eigenvalue weighted by molar-refractivity contribution is -0.130. The second-order valence-electron chi connectivity index (χ2n) is 7.82. The lowest BCUT2D eigenvalue weighted by atomic mass is 10.1. The number of ether oxygens (including phenoxy) is 1. The first-order valence-electron chi connectivity index (χ1n) is 9.94. The maximum atomic E-state index is 12.1. The molecule has 1 rings (SSSR count). The molecular weight excluding hydrogens is 473 g/mol. The number of alkyl carbamates (subject to hydrolysis) is 1. The Labute approximate surface area is 186 Å². The van der Waals surface area contributed by atoms with E-state index in [9.17, 15) is 9.59 Å². The van der Waals surface area contributed by atoms with Crippen LogP contribution in [0.3, 0.4) is 0 Å².